The Hall–Kier alpha value is -2.85. The summed E-state index contributed by atoms with van der Waals surface area (Å²) in [5.74, 6) is 0.0749. The Morgan fingerprint density at radius 1 is 0.771 bits per heavy atom. The minimum Gasteiger partial charge on any atom is -0.339 e. The number of sulfonamides is 1. The average molecular weight is 494 g/mol. The van der Waals surface area contributed by atoms with Gasteiger partial charge in [0.15, 0.2) is 0 Å². The van der Waals surface area contributed by atoms with E-state index in [1.165, 1.54) is 4.31 Å². The number of carbonyl (C=O) groups excluding carboxylic acids is 1. The third-order valence-corrected chi connectivity index (χ3v) is 8.78. The lowest BCUT2D eigenvalue weighted by Crippen LogP contribution is -2.54. The number of benzene rings is 2. The van der Waals surface area contributed by atoms with Crippen molar-refractivity contribution in [1.82, 2.24) is 24.0 Å². The van der Waals surface area contributed by atoms with Crippen molar-refractivity contribution >= 4 is 26.7 Å². The third kappa shape index (κ3) is 5.54. The van der Waals surface area contributed by atoms with Crippen LogP contribution < -0.4 is 0 Å². The van der Waals surface area contributed by atoms with Crippen LogP contribution in [0.1, 0.15) is 5.69 Å². The summed E-state index contributed by atoms with van der Waals surface area (Å²) in [6, 6.07) is 18.9. The molecule has 8 nitrogen and oxygen atoms in total. The maximum Gasteiger partial charge on any atom is 0.243 e. The van der Waals surface area contributed by atoms with Crippen LogP contribution in [0.4, 0.5) is 0 Å². The standard InChI is InChI=1S/C26H31N5O3S/c32-26(21-29-13-11-28(12-14-29)20-24-7-3-4-10-27-24)30-15-17-31(18-16-30)35(33,34)25-9-8-22-5-1-2-6-23(22)19-25/h1-10,19H,11-18,20-21H2. The minimum atomic E-state index is -3.59. The highest BCUT2D eigenvalue weighted by Gasteiger charge is 2.31. The van der Waals surface area contributed by atoms with Crippen molar-refractivity contribution < 1.29 is 13.2 Å². The molecule has 0 N–H and O–H groups in total. The predicted molar refractivity (Wildman–Crippen MR) is 135 cm³/mol. The van der Waals surface area contributed by atoms with E-state index in [1.807, 2.05) is 54.7 Å². The Labute approximate surface area is 206 Å². The first-order chi connectivity index (χ1) is 17.0. The summed E-state index contributed by atoms with van der Waals surface area (Å²) in [5, 5.41) is 1.92. The lowest BCUT2D eigenvalue weighted by Gasteiger charge is -2.37. The first-order valence-corrected chi connectivity index (χ1v) is 13.5. The summed E-state index contributed by atoms with van der Waals surface area (Å²) < 4.78 is 27.9. The molecular formula is C26H31N5O3S. The van der Waals surface area contributed by atoms with Gasteiger partial charge in [-0.25, -0.2) is 8.42 Å². The minimum absolute atomic E-state index is 0.0749. The van der Waals surface area contributed by atoms with E-state index >= 15 is 0 Å². The highest BCUT2D eigenvalue weighted by atomic mass is 32.2. The summed E-state index contributed by atoms with van der Waals surface area (Å²) in [7, 11) is -3.59. The van der Waals surface area contributed by atoms with Crippen LogP contribution in [0.2, 0.25) is 0 Å². The van der Waals surface area contributed by atoms with E-state index in [4.69, 9.17) is 0 Å². The van der Waals surface area contributed by atoms with Gasteiger partial charge in [-0.15, -0.1) is 0 Å². The molecule has 3 heterocycles. The molecule has 2 aromatic carbocycles. The van der Waals surface area contributed by atoms with Gasteiger partial charge in [-0.3, -0.25) is 19.6 Å². The molecule has 0 saturated carbocycles. The third-order valence-electron chi connectivity index (χ3n) is 6.89. The first kappa shape index (κ1) is 23.9. The number of amides is 1. The van der Waals surface area contributed by atoms with Crippen LogP contribution in [0.3, 0.4) is 0 Å². The van der Waals surface area contributed by atoms with Gasteiger partial charge in [-0.1, -0.05) is 36.4 Å². The number of carbonyl (C=O) groups is 1. The highest BCUT2D eigenvalue weighted by molar-refractivity contribution is 7.89. The zero-order chi connectivity index (χ0) is 24.3. The molecule has 5 rings (SSSR count). The van der Waals surface area contributed by atoms with E-state index in [1.54, 1.807) is 17.0 Å². The smallest absolute Gasteiger partial charge is 0.243 e. The Morgan fingerprint density at radius 2 is 1.46 bits per heavy atom. The number of nitrogens with zero attached hydrogens (tertiary/aromatic N) is 5. The van der Waals surface area contributed by atoms with E-state index in [-0.39, 0.29) is 5.91 Å². The molecule has 2 aliphatic rings. The Kier molecular flexibility index (Phi) is 7.10. The molecule has 2 aliphatic heterocycles. The maximum atomic E-state index is 13.2. The predicted octanol–water partition coefficient (Wildman–Crippen LogP) is 1.89. The second-order valence-electron chi connectivity index (χ2n) is 9.17. The summed E-state index contributed by atoms with van der Waals surface area (Å²) in [6.07, 6.45) is 1.82. The number of aromatic nitrogens is 1. The van der Waals surface area contributed by atoms with E-state index in [0.717, 1.165) is 49.2 Å². The first-order valence-electron chi connectivity index (χ1n) is 12.1. The normalized spacial score (nSPS) is 18.7. The molecule has 184 valence electrons. The van der Waals surface area contributed by atoms with Gasteiger partial charge in [0.1, 0.15) is 0 Å². The number of piperazine rings is 2. The molecule has 35 heavy (non-hydrogen) atoms. The molecule has 0 bridgehead atoms. The molecule has 0 radical (unpaired) electrons. The summed E-state index contributed by atoms with van der Waals surface area (Å²) in [6.45, 7) is 6.19. The van der Waals surface area contributed by atoms with Crippen LogP contribution in [0, 0.1) is 0 Å². The fourth-order valence-corrected chi connectivity index (χ4v) is 6.23. The van der Waals surface area contributed by atoms with Gasteiger partial charge in [0.05, 0.1) is 17.1 Å². The molecule has 1 aromatic heterocycles. The number of fused-ring (bicyclic) bond motifs is 1. The lowest BCUT2D eigenvalue weighted by molar-refractivity contribution is -0.134. The van der Waals surface area contributed by atoms with E-state index in [9.17, 15) is 13.2 Å². The second kappa shape index (κ2) is 10.4. The zero-order valence-corrected chi connectivity index (χ0v) is 20.6. The van der Waals surface area contributed by atoms with Crippen LogP contribution >= 0.6 is 0 Å². The molecule has 0 atom stereocenters. The van der Waals surface area contributed by atoms with Gasteiger partial charge in [0.25, 0.3) is 0 Å². The van der Waals surface area contributed by atoms with E-state index < -0.39 is 10.0 Å². The van der Waals surface area contributed by atoms with Crippen LogP contribution in [-0.2, 0) is 21.4 Å². The monoisotopic (exact) mass is 493 g/mol. The molecule has 2 saturated heterocycles. The summed E-state index contributed by atoms with van der Waals surface area (Å²) in [4.78, 5) is 24.0. The van der Waals surface area contributed by atoms with Gasteiger partial charge in [0.2, 0.25) is 15.9 Å². The molecule has 0 aliphatic carbocycles. The molecule has 9 heteroatoms. The van der Waals surface area contributed by atoms with Crippen LogP contribution in [0.15, 0.2) is 71.8 Å². The zero-order valence-electron chi connectivity index (χ0n) is 19.8. The number of hydrogen-bond donors (Lipinski definition) is 0. The van der Waals surface area contributed by atoms with Crippen molar-refractivity contribution in [2.75, 3.05) is 58.9 Å². The maximum absolute atomic E-state index is 13.2. The number of pyridine rings is 1. The average Bonchev–Trinajstić information content (AvgIpc) is 2.90. The lowest BCUT2D eigenvalue weighted by atomic mass is 10.1. The number of rotatable bonds is 6. The Balaban J connectivity index is 1.11. The molecule has 2 fully saturated rings. The fourth-order valence-electron chi connectivity index (χ4n) is 4.77. The SMILES string of the molecule is O=C(CN1CCN(Cc2ccccn2)CC1)N1CCN(S(=O)(=O)c2ccc3ccccc3c2)CC1. The second-order valence-corrected chi connectivity index (χ2v) is 11.1. The molecular weight excluding hydrogens is 462 g/mol. The van der Waals surface area contributed by atoms with Gasteiger partial charge in [-0.05, 0) is 35.0 Å². The van der Waals surface area contributed by atoms with Gasteiger partial charge < -0.3 is 4.90 Å². The Morgan fingerprint density at radius 3 is 2.17 bits per heavy atom. The fraction of sp³-hybridized carbons (Fsp3) is 0.385. The van der Waals surface area contributed by atoms with Gasteiger partial charge in [0, 0.05) is 65.1 Å². The van der Waals surface area contributed by atoms with Gasteiger partial charge >= 0.3 is 0 Å². The molecule has 0 spiro atoms. The molecule has 0 unspecified atom stereocenters. The quantitative estimate of drug-likeness (QED) is 0.522. The van der Waals surface area contributed by atoms with Crippen molar-refractivity contribution in [2.45, 2.75) is 11.4 Å². The molecule has 3 aromatic rings. The van der Waals surface area contributed by atoms with E-state index in [2.05, 4.69) is 14.8 Å². The summed E-state index contributed by atoms with van der Waals surface area (Å²) in [5.41, 5.74) is 1.06. The van der Waals surface area contributed by atoms with Crippen molar-refractivity contribution in [3.05, 3.63) is 72.6 Å². The van der Waals surface area contributed by atoms with Crippen molar-refractivity contribution in [3.8, 4) is 0 Å². The van der Waals surface area contributed by atoms with Crippen molar-refractivity contribution in [1.29, 1.82) is 0 Å². The van der Waals surface area contributed by atoms with Crippen LogP contribution in [0.25, 0.3) is 10.8 Å². The Bertz CT molecular complexity index is 1270. The van der Waals surface area contributed by atoms with Gasteiger partial charge in [-0.2, -0.15) is 4.31 Å². The van der Waals surface area contributed by atoms with Crippen molar-refractivity contribution in [2.24, 2.45) is 0 Å². The van der Waals surface area contributed by atoms with Crippen LogP contribution in [-0.4, -0.2) is 97.2 Å². The van der Waals surface area contributed by atoms with Crippen LogP contribution in [0.5, 0.6) is 0 Å². The molecule has 1 amide bonds. The topological polar surface area (TPSA) is 77.1 Å². The van der Waals surface area contributed by atoms with Crippen molar-refractivity contribution in [3.63, 3.8) is 0 Å². The largest absolute Gasteiger partial charge is 0.339 e. The highest BCUT2D eigenvalue weighted by Crippen LogP contribution is 2.23. The number of hydrogen-bond acceptors (Lipinski definition) is 6. The van der Waals surface area contributed by atoms with E-state index in [0.29, 0.717) is 37.6 Å². The summed E-state index contributed by atoms with van der Waals surface area (Å²) >= 11 is 0.